The van der Waals surface area contributed by atoms with Crippen molar-refractivity contribution >= 4 is 19.8 Å². The molecule has 1 unspecified atom stereocenters. The smallest absolute Gasteiger partial charge is 0.306 e. The van der Waals surface area contributed by atoms with Crippen molar-refractivity contribution in [2.45, 2.75) is 258 Å². The average molecular weight is 912 g/mol. The van der Waals surface area contributed by atoms with Gasteiger partial charge in [0.05, 0.1) is 27.7 Å². The molecule has 0 aliphatic carbocycles. The zero-order valence-corrected chi connectivity index (χ0v) is 42.9. The summed E-state index contributed by atoms with van der Waals surface area (Å²) in [5, 5.41) is 0. The summed E-state index contributed by atoms with van der Waals surface area (Å²) in [7, 11) is 1.17. The number of carbonyl (C=O) groups excluding carboxylic acids is 2. The van der Waals surface area contributed by atoms with Crippen LogP contribution in [0.3, 0.4) is 0 Å². The Labute approximate surface area is 389 Å². The van der Waals surface area contributed by atoms with Crippen molar-refractivity contribution in [2.75, 3.05) is 47.5 Å². The third kappa shape index (κ3) is 49.8. The largest absolute Gasteiger partial charge is 0.756 e. The fraction of sp³-hybridized carbons (Fsp3) is 0.887. The predicted molar refractivity (Wildman–Crippen MR) is 264 cm³/mol. The third-order valence-electron chi connectivity index (χ3n) is 11.7. The number of phosphoric acid groups is 1. The van der Waals surface area contributed by atoms with Crippen LogP contribution in [-0.2, 0) is 32.7 Å². The fourth-order valence-electron chi connectivity index (χ4n) is 7.57. The van der Waals surface area contributed by atoms with Gasteiger partial charge in [-0.3, -0.25) is 14.2 Å². The molecule has 0 aliphatic heterocycles. The number of hydrogen-bond acceptors (Lipinski definition) is 8. The zero-order valence-electron chi connectivity index (χ0n) is 42.0. The molecule has 10 heteroatoms. The summed E-state index contributed by atoms with van der Waals surface area (Å²) in [5.74, 6) is -0.825. The number of ether oxygens (including phenoxy) is 2. The molecule has 0 saturated heterocycles. The van der Waals surface area contributed by atoms with Crippen LogP contribution in [0.1, 0.15) is 251 Å². The average Bonchev–Trinajstić information content (AvgIpc) is 3.24. The van der Waals surface area contributed by atoms with Gasteiger partial charge in [-0.05, 0) is 44.9 Å². The fourth-order valence-corrected chi connectivity index (χ4v) is 8.30. The molecular formula is C53H102NO8P. The summed E-state index contributed by atoms with van der Waals surface area (Å²) in [6, 6.07) is 0. The Morgan fingerprint density at radius 2 is 0.857 bits per heavy atom. The molecule has 372 valence electrons. The monoisotopic (exact) mass is 912 g/mol. The zero-order chi connectivity index (χ0) is 46.4. The second-order valence-corrected chi connectivity index (χ2v) is 20.7. The Balaban J connectivity index is 4.20. The molecule has 0 spiro atoms. The van der Waals surface area contributed by atoms with Crippen LogP contribution in [0, 0.1) is 0 Å². The highest BCUT2D eigenvalue weighted by molar-refractivity contribution is 7.45. The van der Waals surface area contributed by atoms with Gasteiger partial charge in [0, 0.05) is 12.8 Å². The van der Waals surface area contributed by atoms with E-state index in [0.29, 0.717) is 17.4 Å². The number of esters is 2. The maximum absolute atomic E-state index is 12.7. The Morgan fingerprint density at radius 3 is 1.29 bits per heavy atom. The maximum Gasteiger partial charge on any atom is 0.306 e. The van der Waals surface area contributed by atoms with E-state index in [1.165, 1.54) is 167 Å². The SMILES string of the molecule is CCCCC/C=C/C/C=C/CCCCCCCCCCCC(=O)O[C@H](COC(=O)CCCCCCCCCCCCCCCCCCCCCC)COP(=O)([O-])OCC[N+](C)(C)C. The molecule has 0 amide bonds. The van der Waals surface area contributed by atoms with Crippen LogP contribution >= 0.6 is 7.82 Å². The summed E-state index contributed by atoms with van der Waals surface area (Å²) < 4.78 is 34.1. The number of hydrogen-bond donors (Lipinski definition) is 0. The normalized spacial score (nSPS) is 13.6. The number of allylic oxidation sites excluding steroid dienone is 4. The van der Waals surface area contributed by atoms with Gasteiger partial charge in [0.1, 0.15) is 19.8 Å². The van der Waals surface area contributed by atoms with Crippen molar-refractivity contribution < 1.29 is 42.1 Å². The minimum absolute atomic E-state index is 0.0294. The predicted octanol–water partition coefficient (Wildman–Crippen LogP) is 15.2. The highest BCUT2D eigenvalue weighted by Gasteiger charge is 2.21. The van der Waals surface area contributed by atoms with Gasteiger partial charge in [-0.1, -0.05) is 218 Å². The van der Waals surface area contributed by atoms with Crippen LogP contribution in [0.15, 0.2) is 24.3 Å². The molecule has 0 bridgehead atoms. The lowest BCUT2D eigenvalue weighted by molar-refractivity contribution is -0.870. The van der Waals surface area contributed by atoms with Crippen molar-refractivity contribution in [2.24, 2.45) is 0 Å². The maximum atomic E-state index is 12.7. The first-order valence-electron chi connectivity index (χ1n) is 26.5. The van der Waals surface area contributed by atoms with E-state index in [4.69, 9.17) is 18.5 Å². The molecule has 0 aromatic rings. The van der Waals surface area contributed by atoms with Crippen molar-refractivity contribution in [3.8, 4) is 0 Å². The van der Waals surface area contributed by atoms with Gasteiger partial charge < -0.3 is 27.9 Å². The molecule has 0 radical (unpaired) electrons. The Kier molecular flexibility index (Phi) is 44.5. The third-order valence-corrected chi connectivity index (χ3v) is 12.7. The Bertz CT molecular complexity index is 1120. The number of carbonyl (C=O) groups is 2. The van der Waals surface area contributed by atoms with Crippen LogP contribution in [0.5, 0.6) is 0 Å². The van der Waals surface area contributed by atoms with Gasteiger partial charge >= 0.3 is 11.9 Å². The van der Waals surface area contributed by atoms with E-state index in [9.17, 15) is 19.0 Å². The second kappa shape index (κ2) is 45.6. The molecule has 0 aromatic carbocycles. The first-order chi connectivity index (χ1) is 30.5. The van der Waals surface area contributed by atoms with E-state index >= 15 is 0 Å². The van der Waals surface area contributed by atoms with E-state index < -0.39 is 26.5 Å². The Morgan fingerprint density at radius 1 is 0.492 bits per heavy atom. The number of nitrogens with zero attached hydrogens (tertiary/aromatic N) is 1. The summed E-state index contributed by atoms with van der Waals surface area (Å²) in [6.07, 6.45) is 52.0. The number of quaternary nitrogens is 1. The van der Waals surface area contributed by atoms with Gasteiger partial charge in [0.2, 0.25) is 0 Å². The molecular weight excluding hydrogens is 810 g/mol. The summed E-state index contributed by atoms with van der Waals surface area (Å²) in [4.78, 5) is 37.8. The lowest BCUT2D eigenvalue weighted by Gasteiger charge is -2.28. The molecule has 0 heterocycles. The highest BCUT2D eigenvalue weighted by Crippen LogP contribution is 2.38. The summed E-state index contributed by atoms with van der Waals surface area (Å²) >= 11 is 0. The second-order valence-electron chi connectivity index (χ2n) is 19.2. The van der Waals surface area contributed by atoms with Gasteiger partial charge in [0.15, 0.2) is 6.10 Å². The lowest BCUT2D eigenvalue weighted by atomic mass is 10.0. The first kappa shape index (κ1) is 61.5. The molecule has 0 N–H and O–H groups in total. The number of unbranched alkanes of at least 4 members (excludes halogenated alkanes) is 31. The van der Waals surface area contributed by atoms with Crippen molar-refractivity contribution in [1.82, 2.24) is 0 Å². The molecule has 0 rings (SSSR count). The molecule has 0 fully saturated rings. The first-order valence-corrected chi connectivity index (χ1v) is 28.0. The summed E-state index contributed by atoms with van der Waals surface area (Å²) in [5.41, 5.74) is 0. The van der Waals surface area contributed by atoms with Crippen LogP contribution in [-0.4, -0.2) is 70.0 Å². The van der Waals surface area contributed by atoms with Gasteiger partial charge in [0.25, 0.3) is 7.82 Å². The van der Waals surface area contributed by atoms with Crippen LogP contribution < -0.4 is 4.89 Å². The van der Waals surface area contributed by atoms with E-state index in [1.807, 2.05) is 21.1 Å². The lowest BCUT2D eigenvalue weighted by Crippen LogP contribution is -2.37. The van der Waals surface area contributed by atoms with E-state index in [-0.39, 0.29) is 32.0 Å². The van der Waals surface area contributed by atoms with Crippen LogP contribution in [0.4, 0.5) is 0 Å². The quantitative estimate of drug-likeness (QED) is 0.0195. The molecule has 63 heavy (non-hydrogen) atoms. The van der Waals surface area contributed by atoms with Crippen molar-refractivity contribution in [3.05, 3.63) is 24.3 Å². The van der Waals surface area contributed by atoms with Gasteiger partial charge in [-0.15, -0.1) is 0 Å². The van der Waals surface area contributed by atoms with Crippen molar-refractivity contribution in [1.29, 1.82) is 0 Å². The molecule has 0 saturated carbocycles. The standard InChI is InChI=1S/C53H102NO8P/c1-6-8-10-12-14-16-18-20-22-24-26-28-29-31-33-35-37-39-41-43-45-52(55)59-49-51(50-61-63(57,58)60-48-47-54(3,4)5)62-53(56)46-44-42-40-38-36-34-32-30-27-25-23-21-19-17-15-13-11-9-7-2/h15,17,21,23,51H,6-14,16,18-20,22,24-50H2,1-5H3/b17-15+,23-21+/t51-/m1/s1. The molecule has 9 nitrogen and oxygen atoms in total. The molecule has 0 aromatic heterocycles. The topological polar surface area (TPSA) is 111 Å². The number of rotatable bonds is 49. The van der Waals surface area contributed by atoms with Crippen molar-refractivity contribution in [3.63, 3.8) is 0 Å². The van der Waals surface area contributed by atoms with E-state index in [2.05, 4.69) is 38.2 Å². The Hall–Kier alpha value is -1.51. The minimum Gasteiger partial charge on any atom is -0.756 e. The molecule has 0 aliphatic rings. The molecule has 2 atom stereocenters. The number of likely N-dealkylation sites (N-methyl/N-ethyl adjacent to an activating group) is 1. The highest BCUT2D eigenvalue weighted by atomic mass is 31.2. The van der Waals surface area contributed by atoms with E-state index in [1.54, 1.807) is 0 Å². The van der Waals surface area contributed by atoms with Gasteiger partial charge in [-0.25, -0.2) is 0 Å². The van der Waals surface area contributed by atoms with Gasteiger partial charge in [-0.2, -0.15) is 0 Å². The van der Waals surface area contributed by atoms with Crippen LogP contribution in [0.2, 0.25) is 0 Å². The number of phosphoric ester groups is 1. The minimum atomic E-state index is -4.63. The summed E-state index contributed by atoms with van der Waals surface area (Å²) in [6.45, 7) is 4.25. The van der Waals surface area contributed by atoms with E-state index in [0.717, 1.165) is 51.4 Å². The van der Waals surface area contributed by atoms with Crippen LogP contribution in [0.25, 0.3) is 0 Å².